The summed E-state index contributed by atoms with van der Waals surface area (Å²) in [6.07, 6.45) is 1.30. The van der Waals surface area contributed by atoms with Gasteiger partial charge in [-0.2, -0.15) is 0 Å². The second-order valence-corrected chi connectivity index (χ2v) is 6.86. The molecule has 0 spiro atoms. The van der Waals surface area contributed by atoms with Crippen molar-refractivity contribution in [2.24, 2.45) is 14.1 Å². The lowest BCUT2D eigenvalue weighted by Crippen LogP contribution is -2.37. The van der Waals surface area contributed by atoms with E-state index >= 15 is 0 Å². The maximum Gasteiger partial charge on any atom is 0.336 e. The van der Waals surface area contributed by atoms with Gasteiger partial charge in [-0.25, -0.2) is 14.6 Å². The molecule has 3 aromatic heterocycles. The van der Waals surface area contributed by atoms with Gasteiger partial charge in [0.25, 0.3) is 5.56 Å². The maximum absolute atomic E-state index is 12.5. The van der Waals surface area contributed by atoms with Crippen molar-refractivity contribution >= 4 is 28.1 Å². The van der Waals surface area contributed by atoms with E-state index < -0.39 is 22.8 Å². The molecule has 4 rings (SSSR count). The van der Waals surface area contributed by atoms with Gasteiger partial charge in [0.1, 0.15) is 24.5 Å². The third-order valence-electron chi connectivity index (χ3n) is 4.94. The number of imidazole rings is 1. The highest BCUT2D eigenvalue weighted by Crippen LogP contribution is 2.23. The second kappa shape index (κ2) is 7.59. The lowest BCUT2D eigenvalue weighted by Gasteiger charge is -2.09. The second-order valence-electron chi connectivity index (χ2n) is 6.86. The number of aromatic nitrogens is 4. The Labute approximate surface area is 173 Å². The van der Waals surface area contributed by atoms with E-state index in [9.17, 15) is 19.2 Å². The molecule has 3 heterocycles. The molecule has 0 atom stereocenters. The molecule has 0 fully saturated rings. The SMILES string of the molecule is COc1ccc2c(COC(=O)Cn3cnc4c3c(=O)n(C)c(=O)n4C)cc(=O)oc2c1. The van der Waals surface area contributed by atoms with Crippen LogP contribution in [0.5, 0.6) is 5.75 Å². The molecular formula is C20H18N4O7. The Morgan fingerprint density at radius 1 is 1.13 bits per heavy atom. The summed E-state index contributed by atoms with van der Waals surface area (Å²) in [4.78, 5) is 52.8. The van der Waals surface area contributed by atoms with Gasteiger partial charge < -0.3 is 18.5 Å². The lowest BCUT2D eigenvalue weighted by molar-refractivity contribution is -0.145. The van der Waals surface area contributed by atoms with Gasteiger partial charge in [0, 0.05) is 37.2 Å². The Kier molecular flexibility index (Phi) is 4.93. The van der Waals surface area contributed by atoms with Crippen LogP contribution in [-0.2, 0) is 36.8 Å². The molecule has 0 unspecified atom stereocenters. The highest BCUT2D eigenvalue weighted by molar-refractivity contribution is 5.82. The number of carbonyl (C=O) groups is 1. The normalized spacial score (nSPS) is 11.2. The van der Waals surface area contributed by atoms with Crippen molar-refractivity contribution in [3.63, 3.8) is 0 Å². The summed E-state index contributed by atoms with van der Waals surface area (Å²) in [5.41, 5.74) is -0.613. The number of benzene rings is 1. The van der Waals surface area contributed by atoms with E-state index in [0.29, 0.717) is 22.3 Å². The van der Waals surface area contributed by atoms with Gasteiger partial charge in [-0.1, -0.05) is 0 Å². The zero-order chi connectivity index (χ0) is 22.3. The van der Waals surface area contributed by atoms with Crippen LogP contribution in [0.4, 0.5) is 0 Å². The van der Waals surface area contributed by atoms with Crippen LogP contribution in [0.1, 0.15) is 5.56 Å². The average molecular weight is 426 g/mol. The summed E-state index contributed by atoms with van der Waals surface area (Å²) in [6.45, 7) is -0.465. The van der Waals surface area contributed by atoms with Gasteiger partial charge >= 0.3 is 17.3 Å². The first-order valence-corrected chi connectivity index (χ1v) is 9.17. The van der Waals surface area contributed by atoms with Crippen molar-refractivity contribution in [3.8, 4) is 5.75 Å². The molecule has 11 heteroatoms. The summed E-state index contributed by atoms with van der Waals surface area (Å²) in [5, 5.41) is 0.602. The summed E-state index contributed by atoms with van der Waals surface area (Å²) in [5.74, 6) is -0.127. The number of ether oxygens (including phenoxy) is 2. The number of hydrogen-bond donors (Lipinski definition) is 0. The zero-order valence-electron chi connectivity index (χ0n) is 16.9. The molecule has 0 saturated carbocycles. The smallest absolute Gasteiger partial charge is 0.336 e. The molecular weight excluding hydrogens is 408 g/mol. The first-order chi connectivity index (χ1) is 14.8. The maximum atomic E-state index is 12.5. The molecule has 11 nitrogen and oxygen atoms in total. The lowest BCUT2D eigenvalue weighted by atomic mass is 10.1. The van der Waals surface area contributed by atoms with E-state index in [1.165, 1.54) is 42.7 Å². The highest BCUT2D eigenvalue weighted by Gasteiger charge is 2.17. The van der Waals surface area contributed by atoms with Crippen LogP contribution in [0.3, 0.4) is 0 Å². The van der Waals surface area contributed by atoms with Crippen LogP contribution in [0.25, 0.3) is 22.1 Å². The molecule has 4 aromatic rings. The first kappa shape index (κ1) is 20.1. The Bertz CT molecular complexity index is 1510. The summed E-state index contributed by atoms with van der Waals surface area (Å²) < 4.78 is 19.1. The third-order valence-corrected chi connectivity index (χ3v) is 4.94. The van der Waals surface area contributed by atoms with Crippen molar-refractivity contribution in [1.29, 1.82) is 0 Å². The fourth-order valence-corrected chi connectivity index (χ4v) is 3.32. The van der Waals surface area contributed by atoms with E-state index in [0.717, 1.165) is 4.57 Å². The fourth-order valence-electron chi connectivity index (χ4n) is 3.32. The molecule has 31 heavy (non-hydrogen) atoms. The number of aryl methyl sites for hydroxylation is 1. The monoisotopic (exact) mass is 426 g/mol. The summed E-state index contributed by atoms with van der Waals surface area (Å²) >= 11 is 0. The zero-order valence-corrected chi connectivity index (χ0v) is 16.9. The highest BCUT2D eigenvalue weighted by atomic mass is 16.5. The largest absolute Gasteiger partial charge is 0.497 e. The third kappa shape index (κ3) is 3.50. The van der Waals surface area contributed by atoms with Crippen LogP contribution < -0.4 is 21.6 Å². The van der Waals surface area contributed by atoms with E-state index in [1.807, 2.05) is 0 Å². The van der Waals surface area contributed by atoms with Gasteiger partial charge in [0.2, 0.25) is 0 Å². The quantitative estimate of drug-likeness (QED) is 0.329. The summed E-state index contributed by atoms with van der Waals surface area (Å²) in [7, 11) is 4.33. The predicted octanol–water partition coefficient (Wildman–Crippen LogP) is 0.292. The van der Waals surface area contributed by atoms with Crippen LogP contribution in [0.2, 0.25) is 0 Å². The van der Waals surface area contributed by atoms with Gasteiger partial charge in [-0.3, -0.25) is 18.7 Å². The minimum atomic E-state index is -0.648. The number of rotatable bonds is 5. The van der Waals surface area contributed by atoms with E-state index in [4.69, 9.17) is 13.9 Å². The Hall–Kier alpha value is -4.15. The number of nitrogens with zero attached hydrogens (tertiary/aromatic N) is 4. The van der Waals surface area contributed by atoms with Gasteiger partial charge in [0.05, 0.1) is 13.4 Å². The van der Waals surface area contributed by atoms with Crippen LogP contribution in [0.15, 0.2) is 49.4 Å². The number of carbonyl (C=O) groups excluding carboxylic acids is 1. The van der Waals surface area contributed by atoms with E-state index in [1.54, 1.807) is 18.2 Å². The first-order valence-electron chi connectivity index (χ1n) is 9.17. The number of esters is 1. The topological polar surface area (TPSA) is 128 Å². The molecule has 0 amide bonds. The standard InChI is InChI=1S/C20H18N4O7/c1-22-18-17(19(27)23(2)20(22)28)24(10-21-18)8-16(26)30-9-11-6-15(25)31-14-7-12(29-3)4-5-13(11)14/h4-7,10H,8-9H2,1-3H3. The van der Waals surface area contributed by atoms with Crippen LogP contribution >= 0.6 is 0 Å². The Morgan fingerprint density at radius 3 is 2.65 bits per heavy atom. The summed E-state index contributed by atoms with van der Waals surface area (Å²) in [6, 6.07) is 6.22. The molecule has 0 aliphatic carbocycles. The Morgan fingerprint density at radius 2 is 1.90 bits per heavy atom. The van der Waals surface area contributed by atoms with E-state index in [-0.39, 0.29) is 24.3 Å². The molecule has 0 radical (unpaired) electrons. The molecule has 0 aliphatic heterocycles. The van der Waals surface area contributed by atoms with Gasteiger partial charge in [0.15, 0.2) is 11.2 Å². The molecule has 0 N–H and O–H groups in total. The van der Waals surface area contributed by atoms with Gasteiger partial charge in [-0.15, -0.1) is 0 Å². The molecule has 1 aromatic carbocycles. The molecule has 160 valence electrons. The average Bonchev–Trinajstić information content (AvgIpc) is 3.17. The minimum Gasteiger partial charge on any atom is -0.497 e. The predicted molar refractivity (Wildman–Crippen MR) is 109 cm³/mol. The van der Waals surface area contributed by atoms with Gasteiger partial charge in [-0.05, 0) is 12.1 Å². The van der Waals surface area contributed by atoms with Crippen molar-refractivity contribution in [2.45, 2.75) is 13.2 Å². The number of methoxy groups -OCH3 is 1. The van der Waals surface area contributed by atoms with Crippen LogP contribution in [-0.4, -0.2) is 31.8 Å². The van der Waals surface area contributed by atoms with Crippen LogP contribution in [0, 0.1) is 0 Å². The number of hydrogen-bond acceptors (Lipinski definition) is 8. The fraction of sp³-hybridized carbons (Fsp3) is 0.250. The van der Waals surface area contributed by atoms with Crippen molar-refractivity contribution in [2.75, 3.05) is 7.11 Å². The van der Waals surface area contributed by atoms with E-state index in [2.05, 4.69) is 4.98 Å². The number of fused-ring (bicyclic) bond motifs is 2. The molecule has 0 bridgehead atoms. The Balaban J connectivity index is 1.59. The minimum absolute atomic E-state index is 0.111. The molecule has 0 saturated heterocycles. The van der Waals surface area contributed by atoms with Crippen molar-refractivity contribution in [1.82, 2.24) is 18.7 Å². The molecule has 0 aliphatic rings. The van der Waals surface area contributed by atoms with Crippen molar-refractivity contribution < 1.29 is 18.7 Å². The van der Waals surface area contributed by atoms with Crippen molar-refractivity contribution in [3.05, 3.63) is 67.4 Å².